The van der Waals surface area contributed by atoms with Crippen molar-refractivity contribution in [1.29, 1.82) is 0 Å². The molecule has 24 heavy (non-hydrogen) atoms. The van der Waals surface area contributed by atoms with Gasteiger partial charge in [0.25, 0.3) is 0 Å². The molecule has 4 rings (SSSR count). The second-order valence-electron chi connectivity index (χ2n) is 7.19. The average molecular weight is 344 g/mol. The lowest BCUT2D eigenvalue weighted by Crippen LogP contribution is -2.22. The predicted octanol–water partition coefficient (Wildman–Crippen LogP) is 5.15. The molecule has 0 spiro atoms. The summed E-state index contributed by atoms with van der Waals surface area (Å²) in [6.07, 6.45) is 7.61. The minimum absolute atomic E-state index is 0.133. The van der Waals surface area contributed by atoms with E-state index in [4.69, 9.17) is 21.9 Å². The van der Waals surface area contributed by atoms with Gasteiger partial charge in [-0.15, -0.1) is 0 Å². The fourth-order valence-corrected chi connectivity index (χ4v) is 3.33. The lowest BCUT2D eigenvalue weighted by atomic mass is 9.86. The number of azide groups is 1. The van der Waals surface area contributed by atoms with Crippen molar-refractivity contribution >= 4 is 22.4 Å². The maximum atomic E-state index is 9.06. The summed E-state index contributed by atoms with van der Waals surface area (Å²) < 4.78 is 6.07. The number of halogens is 1. The molecule has 2 fully saturated rings. The summed E-state index contributed by atoms with van der Waals surface area (Å²) in [4.78, 5) is 11.8. The van der Waals surface area contributed by atoms with E-state index in [1.165, 1.54) is 0 Å². The predicted molar refractivity (Wildman–Crippen MR) is 92.0 cm³/mol. The SMILES string of the molecule is CC1(Oc2ncc([C@](C)(N=[N+]=[N-])C3CC3)c3cc(Cl)ncc23)CC1. The van der Waals surface area contributed by atoms with Crippen LogP contribution in [0.25, 0.3) is 21.2 Å². The molecule has 2 aliphatic carbocycles. The van der Waals surface area contributed by atoms with E-state index in [9.17, 15) is 0 Å². The van der Waals surface area contributed by atoms with Gasteiger partial charge in [-0.3, -0.25) is 0 Å². The van der Waals surface area contributed by atoms with Gasteiger partial charge in [-0.1, -0.05) is 16.7 Å². The molecule has 124 valence electrons. The topological polar surface area (TPSA) is 83.8 Å². The quantitative estimate of drug-likeness (QED) is 0.325. The molecule has 7 heteroatoms. The first-order valence-electron chi connectivity index (χ1n) is 8.15. The molecule has 0 saturated heterocycles. The zero-order chi connectivity index (χ0) is 16.9. The van der Waals surface area contributed by atoms with Gasteiger partial charge < -0.3 is 4.74 Å². The Morgan fingerprint density at radius 2 is 2.08 bits per heavy atom. The maximum Gasteiger partial charge on any atom is 0.223 e. The molecule has 2 saturated carbocycles. The summed E-state index contributed by atoms with van der Waals surface area (Å²) in [6.45, 7) is 4.05. The van der Waals surface area contributed by atoms with Crippen LogP contribution in [0.5, 0.6) is 5.88 Å². The second-order valence-corrected chi connectivity index (χ2v) is 7.58. The maximum absolute atomic E-state index is 9.06. The molecule has 0 N–H and O–H groups in total. The van der Waals surface area contributed by atoms with Crippen LogP contribution in [0.15, 0.2) is 23.6 Å². The molecule has 1 atom stereocenters. The molecular weight excluding hydrogens is 326 g/mol. The second kappa shape index (κ2) is 5.23. The third kappa shape index (κ3) is 2.56. The van der Waals surface area contributed by atoms with Crippen molar-refractivity contribution in [3.63, 3.8) is 0 Å². The Kier molecular flexibility index (Phi) is 3.37. The standard InChI is InChI=1S/C17H18ClN5O/c1-16(5-6-16)24-15-12-8-20-14(18)7-11(12)13(9-21-15)17(2,22-23-19)10-3-4-10/h7-10H,3-6H2,1-2H3/t17-/m1/s1. The minimum Gasteiger partial charge on any atom is -0.471 e. The first kappa shape index (κ1) is 15.5. The zero-order valence-electron chi connectivity index (χ0n) is 13.7. The van der Waals surface area contributed by atoms with Crippen molar-refractivity contribution in [3.05, 3.63) is 39.6 Å². The number of ether oxygens (including phenoxy) is 1. The van der Waals surface area contributed by atoms with Crippen LogP contribution in [0, 0.1) is 5.92 Å². The number of rotatable bonds is 5. The van der Waals surface area contributed by atoms with Crippen LogP contribution in [-0.4, -0.2) is 15.6 Å². The molecule has 2 aromatic rings. The Labute approximate surface area is 144 Å². The van der Waals surface area contributed by atoms with E-state index in [1.807, 2.05) is 13.0 Å². The first-order chi connectivity index (χ1) is 11.5. The summed E-state index contributed by atoms with van der Waals surface area (Å²) in [5, 5.41) is 6.23. The van der Waals surface area contributed by atoms with Gasteiger partial charge in [0.05, 0.1) is 10.9 Å². The van der Waals surface area contributed by atoms with Crippen molar-refractivity contribution in [2.24, 2.45) is 11.0 Å². The average Bonchev–Trinajstić information content (AvgIpc) is 3.44. The highest BCUT2D eigenvalue weighted by atomic mass is 35.5. The number of hydrogen-bond donors (Lipinski definition) is 0. The molecule has 2 aromatic heterocycles. The molecule has 0 aromatic carbocycles. The van der Waals surface area contributed by atoms with Crippen LogP contribution in [0.2, 0.25) is 5.15 Å². The summed E-state index contributed by atoms with van der Waals surface area (Å²) >= 11 is 6.14. The lowest BCUT2D eigenvalue weighted by molar-refractivity contribution is 0.194. The minimum atomic E-state index is -0.632. The van der Waals surface area contributed by atoms with Gasteiger partial charge in [0.15, 0.2) is 0 Å². The van der Waals surface area contributed by atoms with Gasteiger partial charge in [-0.25, -0.2) is 9.97 Å². The molecule has 6 nitrogen and oxygen atoms in total. The van der Waals surface area contributed by atoms with E-state index in [1.54, 1.807) is 12.4 Å². The molecule has 2 heterocycles. The van der Waals surface area contributed by atoms with Gasteiger partial charge in [0.2, 0.25) is 5.88 Å². The normalized spacial score (nSPS) is 21.0. The monoisotopic (exact) mass is 343 g/mol. The third-order valence-electron chi connectivity index (χ3n) is 5.17. The lowest BCUT2D eigenvalue weighted by Gasteiger charge is -2.26. The first-order valence-corrected chi connectivity index (χ1v) is 8.53. The summed E-state index contributed by atoms with van der Waals surface area (Å²) in [6, 6.07) is 1.81. The van der Waals surface area contributed by atoms with Gasteiger partial charge in [0, 0.05) is 17.3 Å². The molecule has 0 aliphatic heterocycles. The number of nitrogens with zero attached hydrogens (tertiary/aromatic N) is 5. The van der Waals surface area contributed by atoms with Crippen LogP contribution in [-0.2, 0) is 5.54 Å². The smallest absolute Gasteiger partial charge is 0.223 e. The molecule has 2 aliphatic rings. The van der Waals surface area contributed by atoms with Crippen molar-refractivity contribution in [2.75, 3.05) is 0 Å². The van der Waals surface area contributed by atoms with Crippen molar-refractivity contribution in [3.8, 4) is 5.88 Å². The Bertz CT molecular complexity index is 871. The van der Waals surface area contributed by atoms with Crippen molar-refractivity contribution < 1.29 is 4.74 Å². The van der Waals surface area contributed by atoms with E-state index in [2.05, 4.69) is 26.9 Å². The van der Waals surface area contributed by atoms with E-state index >= 15 is 0 Å². The van der Waals surface area contributed by atoms with Gasteiger partial charge in [0.1, 0.15) is 10.8 Å². The van der Waals surface area contributed by atoms with Crippen molar-refractivity contribution in [1.82, 2.24) is 9.97 Å². The molecule has 0 amide bonds. The van der Waals surface area contributed by atoms with Gasteiger partial charge >= 0.3 is 0 Å². The van der Waals surface area contributed by atoms with E-state index < -0.39 is 5.54 Å². The van der Waals surface area contributed by atoms with Gasteiger partial charge in [-0.2, -0.15) is 0 Å². The van der Waals surface area contributed by atoms with Gasteiger partial charge in [-0.05, 0) is 68.0 Å². The number of aromatic nitrogens is 2. The van der Waals surface area contributed by atoms with E-state index in [0.29, 0.717) is 17.0 Å². The summed E-state index contributed by atoms with van der Waals surface area (Å²) in [7, 11) is 0. The number of fused-ring (bicyclic) bond motifs is 1. The molecule has 0 unspecified atom stereocenters. The third-order valence-corrected chi connectivity index (χ3v) is 5.38. The molecule has 0 bridgehead atoms. The number of hydrogen-bond acceptors (Lipinski definition) is 4. The largest absolute Gasteiger partial charge is 0.471 e. The van der Waals surface area contributed by atoms with E-state index in [0.717, 1.165) is 42.0 Å². The highest BCUT2D eigenvalue weighted by Crippen LogP contribution is 2.51. The van der Waals surface area contributed by atoms with Crippen LogP contribution >= 0.6 is 11.6 Å². The Balaban J connectivity index is 1.91. The Morgan fingerprint density at radius 1 is 1.33 bits per heavy atom. The van der Waals surface area contributed by atoms with Crippen LogP contribution in [0.4, 0.5) is 0 Å². The Hall–Kier alpha value is -2.04. The Morgan fingerprint density at radius 3 is 2.71 bits per heavy atom. The zero-order valence-corrected chi connectivity index (χ0v) is 14.4. The highest BCUT2D eigenvalue weighted by Gasteiger charge is 2.44. The summed E-state index contributed by atoms with van der Waals surface area (Å²) in [5.74, 6) is 0.898. The van der Waals surface area contributed by atoms with E-state index in [-0.39, 0.29) is 5.60 Å². The van der Waals surface area contributed by atoms with Crippen LogP contribution in [0.1, 0.15) is 45.1 Å². The highest BCUT2D eigenvalue weighted by molar-refractivity contribution is 6.30. The summed E-state index contributed by atoms with van der Waals surface area (Å²) in [5.41, 5.74) is 9.18. The fourth-order valence-electron chi connectivity index (χ4n) is 3.18. The van der Waals surface area contributed by atoms with Crippen LogP contribution in [0.3, 0.4) is 0 Å². The van der Waals surface area contributed by atoms with Crippen LogP contribution < -0.4 is 4.74 Å². The molecule has 0 radical (unpaired) electrons. The molecular formula is C17H18ClN5O. The fraction of sp³-hybridized carbons (Fsp3) is 0.529. The number of pyridine rings is 2. The van der Waals surface area contributed by atoms with Crippen molar-refractivity contribution in [2.45, 2.75) is 50.7 Å².